The van der Waals surface area contributed by atoms with E-state index < -0.39 is 0 Å². The molecule has 1 aromatic carbocycles. The van der Waals surface area contributed by atoms with Gasteiger partial charge in [0.25, 0.3) is 0 Å². The average Bonchev–Trinajstić information content (AvgIpc) is 3.16. The maximum atomic E-state index is 12.4. The molecule has 3 heterocycles. The summed E-state index contributed by atoms with van der Waals surface area (Å²) in [5, 5.41) is 4.22. The van der Waals surface area contributed by atoms with Crippen molar-refractivity contribution < 1.29 is 14.3 Å². The van der Waals surface area contributed by atoms with Gasteiger partial charge in [0, 0.05) is 45.3 Å². The van der Waals surface area contributed by atoms with Crippen molar-refractivity contribution in [3.8, 4) is 0 Å². The molecule has 7 nitrogen and oxygen atoms in total. The Hall–Kier alpha value is -1.90. The molecule has 0 saturated carbocycles. The highest BCUT2D eigenvalue weighted by Gasteiger charge is 2.40. The monoisotopic (exact) mass is 418 g/mol. The van der Waals surface area contributed by atoms with Gasteiger partial charge in [0.2, 0.25) is 0 Å². The summed E-state index contributed by atoms with van der Waals surface area (Å²) in [4.78, 5) is 19.0. The van der Waals surface area contributed by atoms with Gasteiger partial charge in [-0.25, -0.2) is 4.79 Å². The standard InChI is InChI=1S/C21H30N4O3S/c26-21-25(19(16-28-21)17-4-2-1-3-5-17)18-6-9-24(10-7-18)20(29)22-8-11-23-12-14-27-15-13-23/h1-5,18-19H,6-16H2,(H,22,29)/t19-/m0/s1. The van der Waals surface area contributed by atoms with E-state index in [2.05, 4.69) is 27.2 Å². The Kier molecular flexibility index (Phi) is 6.84. The molecule has 3 fully saturated rings. The number of hydrogen-bond donors (Lipinski definition) is 1. The first kappa shape index (κ1) is 20.4. The molecule has 158 valence electrons. The van der Waals surface area contributed by atoms with Crippen molar-refractivity contribution in [1.29, 1.82) is 0 Å². The Morgan fingerprint density at radius 2 is 1.83 bits per heavy atom. The molecule has 0 aromatic heterocycles. The van der Waals surface area contributed by atoms with Crippen molar-refractivity contribution in [3.05, 3.63) is 35.9 Å². The third-order valence-corrected chi connectivity index (χ3v) is 6.45. The van der Waals surface area contributed by atoms with Gasteiger partial charge in [-0.15, -0.1) is 0 Å². The SMILES string of the molecule is O=C1OC[C@@H](c2ccccc2)N1C1CCN(C(=S)NCCN2CCOCC2)CC1. The Morgan fingerprint density at radius 1 is 1.10 bits per heavy atom. The lowest BCUT2D eigenvalue weighted by Crippen LogP contribution is -2.51. The number of carbonyl (C=O) groups is 1. The number of rotatable bonds is 5. The molecule has 1 atom stereocenters. The van der Waals surface area contributed by atoms with E-state index in [4.69, 9.17) is 21.7 Å². The summed E-state index contributed by atoms with van der Waals surface area (Å²) in [5.41, 5.74) is 1.14. The summed E-state index contributed by atoms with van der Waals surface area (Å²) in [7, 11) is 0. The Bertz CT molecular complexity index is 690. The summed E-state index contributed by atoms with van der Waals surface area (Å²) in [6.45, 7) is 7.62. The van der Waals surface area contributed by atoms with E-state index in [0.717, 1.165) is 76.0 Å². The van der Waals surface area contributed by atoms with Crippen molar-refractivity contribution in [2.45, 2.75) is 24.9 Å². The smallest absolute Gasteiger partial charge is 0.410 e. The molecule has 29 heavy (non-hydrogen) atoms. The quantitative estimate of drug-likeness (QED) is 0.733. The number of likely N-dealkylation sites (tertiary alicyclic amines) is 1. The Labute approximate surface area is 177 Å². The topological polar surface area (TPSA) is 57.3 Å². The van der Waals surface area contributed by atoms with Crippen LogP contribution in [0, 0.1) is 0 Å². The van der Waals surface area contributed by atoms with Crippen LogP contribution in [0.1, 0.15) is 24.4 Å². The lowest BCUT2D eigenvalue weighted by molar-refractivity contribution is 0.0388. The van der Waals surface area contributed by atoms with Crippen molar-refractivity contribution >= 4 is 23.4 Å². The van der Waals surface area contributed by atoms with Gasteiger partial charge in [-0.2, -0.15) is 0 Å². The molecule has 1 amide bonds. The number of benzene rings is 1. The number of carbonyl (C=O) groups excluding carboxylic acids is 1. The van der Waals surface area contributed by atoms with E-state index in [0.29, 0.717) is 6.61 Å². The maximum Gasteiger partial charge on any atom is 0.410 e. The molecule has 3 aliphatic rings. The van der Waals surface area contributed by atoms with Crippen molar-refractivity contribution in [2.75, 3.05) is 59.1 Å². The lowest BCUT2D eigenvalue weighted by atomic mass is 9.99. The molecular formula is C21H30N4O3S. The predicted molar refractivity (Wildman–Crippen MR) is 115 cm³/mol. The minimum Gasteiger partial charge on any atom is -0.447 e. The minimum absolute atomic E-state index is 0.0128. The molecule has 0 aliphatic carbocycles. The summed E-state index contributed by atoms with van der Waals surface area (Å²) in [5.74, 6) is 0. The van der Waals surface area contributed by atoms with Crippen molar-refractivity contribution in [3.63, 3.8) is 0 Å². The molecule has 0 spiro atoms. The average molecular weight is 419 g/mol. The third-order valence-electron chi connectivity index (χ3n) is 6.05. The van der Waals surface area contributed by atoms with Gasteiger partial charge >= 0.3 is 6.09 Å². The largest absolute Gasteiger partial charge is 0.447 e. The van der Waals surface area contributed by atoms with Crippen LogP contribution < -0.4 is 5.32 Å². The van der Waals surface area contributed by atoms with Gasteiger partial charge in [0.05, 0.1) is 19.3 Å². The van der Waals surface area contributed by atoms with Gasteiger partial charge in [-0.05, 0) is 30.6 Å². The highest BCUT2D eigenvalue weighted by Crippen LogP contribution is 2.33. The molecule has 3 aliphatic heterocycles. The van der Waals surface area contributed by atoms with Crippen LogP contribution in [0.15, 0.2) is 30.3 Å². The number of hydrogen-bond acceptors (Lipinski definition) is 5. The maximum absolute atomic E-state index is 12.4. The number of amides is 1. The van der Waals surface area contributed by atoms with Crippen LogP contribution in [0.5, 0.6) is 0 Å². The summed E-state index contributed by atoms with van der Waals surface area (Å²) in [6, 6.07) is 10.4. The molecule has 1 aromatic rings. The number of ether oxygens (including phenoxy) is 2. The zero-order valence-electron chi connectivity index (χ0n) is 16.8. The van der Waals surface area contributed by atoms with Crippen LogP contribution in [-0.2, 0) is 9.47 Å². The first-order valence-corrected chi connectivity index (χ1v) is 11.0. The fraction of sp³-hybridized carbons (Fsp3) is 0.619. The molecule has 0 radical (unpaired) electrons. The van der Waals surface area contributed by atoms with Crippen LogP contribution in [-0.4, -0.2) is 91.0 Å². The first-order chi connectivity index (χ1) is 14.2. The lowest BCUT2D eigenvalue weighted by Gasteiger charge is -2.39. The number of thiocarbonyl (C=S) groups is 1. The second-order valence-corrected chi connectivity index (χ2v) is 8.20. The second kappa shape index (κ2) is 9.73. The van der Waals surface area contributed by atoms with E-state index in [1.165, 1.54) is 0 Å². The number of nitrogens with zero attached hydrogens (tertiary/aromatic N) is 3. The third kappa shape index (κ3) is 4.99. The fourth-order valence-corrected chi connectivity index (χ4v) is 4.66. The number of nitrogens with one attached hydrogen (secondary N) is 1. The predicted octanol–water partition coefficient (Wildman–Crippen LogP) is 1.85. The van der Waals surface area contributed by atoms with Crippen LogP contribution in [0.4, 0.5) is 4.79 Å². The molecule has 4 rings (SSSR count). The zero-order valence-corrected chi connectivity index (χ0v) is 17.6. The van der Waals surface area contributed by atoms with Crippen LogP contribution in [0.3, 0.4) is 0 Å². The second-order valence-electron chi connectivity index (χ2n) is 7.81. The van der Waals surface area contributed by atoms with E-state index in [1.807, 2.05) is 23.1 Å². The van der Waals surface area contributed by atoms with Gasteiger partial charge in [0.15, 0.2) is 5.11 Å². The molecule has 0 unspecified atom stereocenters. The number of cyclic esters (lactones) is 1. The van der Waals surface area contributed by atoms with Crippen molar-refractivity contribution in [1.82, 2.24) is 20.0 Å². The van der Waals surface area contributed by atoms with Crippen LogP contribution in [0.25, 0.3) is 0 Å². The molecule has 3 saturated heterocycles. The first-order valence-electron chi connectivity index (χ1n) is 10.6. The summed E-state index contributed by atoms with van der Waals surface area (Å²) < 4.78 is 10.8. The van der Waals surface area contributed by atoms with Crippen LogP contribution >= 0.6 is 12.2 Å². The zero-order chi connectivity index (χ0) is 20.1. The van der Waals surface area contributed by atoms with E-state index in [9.17, 15) is 4.79 Å². The number of morpholine rings is 1. The molecule has 1 N–H and O–H groups in total. The normalized spacial score (nSPS) is 23.9. The molecule has 8 heteroatoms. The molecular weight excluding hydrogens is 388 g/mol. The van der Waals surface area contributed by atoms with Gasteiger partial charge in [-0.3, -0.25) is 9.80 Å². The fourth-order valence-electron chi connectivity index (χ4n) is 4.37. The minimum atomic E-state index is -0.191. The van der Waals surface area contributed by atoms with Crippen molar-refractivity contribution in [2.24, 2.45) is 0 Å². The highest BCUT2D eigenvalue weighted by molar-refractivity contribution is 7.80. The van der Waals surface area contributed by atoms with Gasteiger partial charge < -0.3 is 19.7 Å². The Morgan fingerprint density at radius 3 is 2.55 bits per heavy atom. The van der Waals surface area contributed by atoms with Gasteiger partial charge in [0.1, 0.15) is 6.61 Å². The highest BCUT2D eigenvalue weighted by atomic mass is 32.1. The van der Waals surface area contributed by atoms with E-state index >= 15 is 0 Å². The number of piperidine rings is 1. The summed E-state index contributed by atoms with van der Waals surface area (Å²) in [6.07, 6.45) is 1.62. The Balaban J connectivity index is 1.25. The summed E-state index contributed by atoms with van der Waals surface area (Å²) >= 11 is 5.60. The molecule has 0 bridgehead atoms. The van der Waals surface area contributed by atoms with Crippen LogP contribution in [0.2, 0.25) is 0 Å². The van der Waals surface area contributed by atoms with E-state index in [1.54, 1.807) is 0 Å². The van der Waals surface area contributed by atoms with Gasteiger partial charge in [-0.1, -0.05) is 30.3 Å². The van der Waals surface area contributed by atoms with E-state index in [-0.39, 0.29) is 18.2 Å².